The Morgan fingerprint density at radius 1 is 0.356 bits per heavy atom. The molecule has 598 valence electrons. The van der Waals surface area contributed by atoms with Crippen LogP contribution in [-0.4, -0.2) is 140 Å². The Bertz CT molecular complexity index is 2270. The van der Waals surface area contributed by atoms with Crippen LogP contribution in [0.1, 0.15) is 335 Å². The first-order valence-electron chi connectivity index (χ1n) is 42.4. The first-order chi connectivity index (χ1) is 51.1. The zero-order valence-corrected chi connectivity index (χ0v) is 65.7. The summed E-state index contributed by atoms with van der Waals surface area (Å²) in [6, 6.07) is -0.949. The van der Waals surface area contributed by atoms with E-state index in [4.69, 9.17) is 18.9 Å². The van der Waals surface area contributed by atoms with Gasteiger partial charge in [-0.3, -0.25) is 4.79 Å². The van der Waals surface area contributed by atoms with Crippen LogP contribution in [0.5, 0.6) is 0 Å². The lowest BCUT2D eigenvalue weighted by molar-refractivity contribution is -0.359. The van der Waals surface area contributed by atoms with Crippen molar-refractivity contribution in [3.8, 4) is 0 Å². The number of carbonyl (C=O) groups is 1. The van der Waals surface area contributed by atoms with Crippen molar-refractivity contribution in [3.05, 3.63) is 134 Å². The summed E-state index contributed by atoms with van der Waals surface area (Å²) in [5.74, 6) is -0.255. The zero-order valence-electron chi connectivity index (χ0n) is 65.7. The van der Waals surface area contributed by atoms with Gasteiger partial charge in [0.15, 0.2) is 12.6 Å². The highest BCUT2D eigenvalue weighted by molar-refractivity contribution is 5.76. The lowest BCUT2D eigenvalue weighted by Gasteiger charge is -2.46. The van der Waals surface area contributed by atoms with Crippen molar-refractivity contribution in [1.29, 1.82) is 0 Å². The molecule has 2 aliphatic heterocycles. The van der Waals surface area contributed by atoms with Crippen molar-refractivity contribution in [1.82, 2.24) is 5.32 Å². The summed E-state index contributed by atoms with van der Waals surface area (Å²) < 4.78 is 22.9. The molecule has 0 spiro atoms. The van der Waals surface area contributed by atoms with Crippen LogP contribution in [0.2, 0.25) is 0 Å². The third-order valence-corrected chi connectivity index (χ3v) is 19.8. The van der Waals surface area contributed by atoms with Gasteiger partial charge in [-0.25, -0.2) is 0 Å². The van der Waals surface area contributed by atoms with Crippen LogP contribution in [0.25, 0.3) is 0 Å². The molecular formula is C90H155NO13. The van der Waals surface area contributed by atoms with E-state index >= 15 is 0 Å². The molecule has 2 heterocycles. The fourth-order valence-corrected chi connectivity index (χ4v) is 13.2. The monoisotopic (exact) mass is 1460 g/mol. The standard InChI is InChI=1S/C90H155NO13/c1-3-5-7-9-11-13-15-17-19-21-23-25-27-29-31-33-35-36-37-38-39-40-41-42-44-46-48-50-52-54-56-58-60-62-64-66-68-70-72-74-82(95)91-78(77-101-89-87(100)85(98)88(81(76-93)103-89)104-90-86(99)84(97)83(96)80(75-92)102-90)79(94)73-71-69-67-65-63-61-59-57-55-53-51-49-47-45-43-34-32-30-28-26-24-22-20-18-16-14-12-10-8-6-4-2/h5,7,11,13,17,19,23,25,29,31,35-36,38-39,41-42,55,57,63,65,71,73,78-81,83-90,92-94,96-100H,3-4,6,8-10,12,14-16,18,20-22,24,26-28,30,32-34,37,40,43-54,56,58-62,64,66-70,72,74-77H2,1-2H3,(H,91,95)/b7-5-,13-11-,19-17-,25-23-,31-29-,36-35-,39-38-,42-41-,57-55+,65-63+,73-71+. The minimum atomic E-state index is -1.80. The smallest absolute Gasteiger partial charge is 0.220 e. The molecule has 2 rings (SSSR count). The Kier molecular flexibility index (Phi) is 66.6. The average molecular weight is 1460 g/mol. The molecule has 0 aromatic rings. The SMILES string of the molecule is CC/C=C\C/C=C\C/C=C\C/C=C\C/C=C\C/C=C\C/C=C\C/C=C\CCCCCCCCCCCCCCCCC(=O)NC(COC1OC(CO)C(OC2OC(CO)C(O)C(O)C2O)C(O)C1O)C(O)/C=C/CC/C=C/CC/C=C/CCCCCCCCCCCCCCCCCCCCCCC. The van der Waals surface area contributed by atoms with Crippen molar-refractivity contribution >= 4 is 5.91 Å². The molecule has 12 unspecified atom stereocenters. The number of unbranched alkanes of at least 4 members (excludes halogenated alkanes) is 37. The predicted molar refractivity (Wildman–Crippen MR) is 433 cm³/mol. The number of carbonyl (C=O) groups excluding carboxylic acids is 1. The van der Waals surface area contributed by atoms with Crippen molar-refractivity contribution in [2.45, 2.75) is 408 Å². The lowest BCUT2D eigenvalue weighted by atomic mass is 9.97. The van der Waals surface area contributed by atoms with Crippen LogP contribution in [-0.2, 0) is 23.7 Å². The van der Waals surface area contributed by atoms with Gasteiger partial charge in [-0.05, 0) is 109 Å². The quantitative estimate of drug-likeness (QED) is 0.0204. The number of nitrogens with one attached hydrogen (secondary N) is 1. The van der Waals surface area contributed by atoms with Gasteiger partial charge in [0.1, 0.15) is 48.8 Å². The van der Waals surface area contributed by atoms with E-state index in [0.29, 0.717) is 12.8 Å². The van der Waals surface area contributed by atoms with E-state index in [0.717, 1.165) is 103 Å². The van der Waals surface area contributed by atoms with Crippen LogP contribution in [0.3, 0.4) is 0 Å². The van der Waals surface area contributed by atoms with Gasteiger partial charge in [-0.1, -0.05) is 353 Å². The van der Waals surface area contributed by atoms with Gasteiger partial charge in [0.25, 0.3) is 0 Å². The van der Waals surface area contributed by atoms with Gasteiger partial charge in [0.2, 0.25) is 5.91 Å². The van der Waals surface area contributed by atoms with Gasteiger partial charge < -0.3 is 65.1 Å². The highest BCUT2D eigenvalue weighted by Crippen LogP contribution is 2.30. The number of ether oxygens (including phenoxy) is 4. The van der Waals surface area contributed by atoms with Crippen molar-refractivity contribution in [3.63, 3.8) is 0 Å². The van der Waals surface area contributed by atoms with E-state index < -0.39 is 86.8 Å². The number of aliphatic hydroxyl groups is 8. The fraction of sp³-hybridized carbons (Fsp3) is 0.744. The van der Waals surface area contributed by atoms with Gasteiger partial charge in [-0.15, -0.1) is 0 Å². The summed E-state index contributed by atoms with van der Waals surface area (Å²) in [7, 11) is 0. The number of rotatable bonds is 70. The molecule has 2 saturated heterocycles. The normalized spacial score (nSPS) is 22.2. The fourth-order valence-electron chi connectivity index (χ4n) is 13.2. The molecular weight excluding hydrogens is 1300 g/mol. The van der Waals surface area contributed by atoms with Crippen molar-refractivity contribution in [2.75, 3.05) is 19.8 Å². The Hall–Kier alpha value is -3.87. The van der Waals surface area contributed by atoms with Gasteiger partial charge in [0, 0.05) is 6.42 Å². The maximum atomic E-state index is 13.4. The Morgan fingerprint density at radius 2 is 0.673 bits per heavy atom. The third kappa shape index (κ3) is 53.8. The van der Waals surface area contributed by atoms with Crippen LogP contribution in [0.4, 0.5) is 0 Å². The first-order valence-corrected chi connectivity index (χ1v) is 42.4. The van der Waals surface area contributed by atoms with Gasteiger partial charge >= 0.3 is 0 Å². The molecule has 14 nitrogen and oxygen atoms in total. The predicted octanol–water partition coefficient (Wildman–Crippen LogP) is 20.1. The summed E-state index contributed by atoms with van der Waals surface area (Å²) in [6.45, 7) is 2.69. The van der Waals surface area contributed by atoms with Crippen LogP contribution in [0.15, 0.2) is 134 Å². The van der Waals surface area contributed by atoms with Crippen LogP contribution < -0.4 is 5.32 Å². The van der Waals surface area contributed by atoms with E-state index in [2.05, 4.69) is 141 Å². The summed E-state index contributed by atoms with van der Waals surface area (Å²) >= 11 is 0. The first kappa shape index (κ1) is 96.2. The second kappa shape index (κ2) is 72.0. The van der Waals surface area contributed by atoms with Gasteiger partial charge in [0.05, 0.1) is 32.0 Å². The maximum Gasteiger partial charge on any atom is 0.220 e. The molecule has 12 atom stereocenters. The minimum Gasteiger partial charge on any atom is -0.394 e. The number of aliphatic hydroxyl groups excluding tert-OH is 8. The molecule has 0 aliphatic carbocycles. The highest BCUT2D eigenvalue weighted by atomic mass is 16.7. The molecule has 0 aromatic heterocycles. The average Bonchev–Trinajstić information content (AvgIpc) is 0.791. The summed E-state index contributed by atoms with van der Waals surface area (Å²) in [4.78, 5) is 13.4. The molecule has 0 aromatic carbocycles. The van der Waals surface area contributed by atoms with E-state index in [1.165, 1.54) is 199 Å². The van der Waals surface area contributed by atoms with Gasteiger partial charge in [-0.2, -0.15) is 0 Å². The number of amides is 1. The summed E-state index contributed by atoms with van der Waals surface area (Å²) in [5.41, 5.74) is 0. The van der Waals surface area contributed by atoms with Crippen LogP contribution in [0, 0.1) is 0 Å². The number of hydrogen-bond donors (Lipinski definition) is 9. The number of allylic oxidation sites excluding steroid dienone is 21. The third-order valence-electron chi connectivity index (χ3n) is 19.8. The summed E-state index contributed by atoms with van der Waals surface area (Å²) in [6.07, 6.45) is 91.1. The Balaban J connectivity index is 1.62. The van der Waals surface area contributed by atoms with E-state index in [1.807, 2.05) is 6.08 Å². The van der Waals surface area contributed by atoms with Crippen LogP contribution >= 0.6 is 0 Å². The topological polar surface area (TPSA) is 228 Å². The molecule has 2 aliphatic rings. The maximum absolute atomic E-state index is 13.4. The van der Waals surface area contributed by atoms with Crippen molar-refractivity contribution < 1.29 is 64.6 Å². The zero-order chi connectivity index (χ0) is 75.1. The second-order valence-electron chi connectivity index (χ2n) is 29.2. The molecule has 0 saturated carbocycles. The lowest BCUT2D eigenvalue weighted by Crippen LogP contribution is -2.65. The Morgan fingerprint density at radius 3 is 1.06 bits per heavy atom. The molecule has 0 bridgehead atoms. The minimum absolute atomic E-state index is 0.255. The molecule has 9 N–H and O–H groups in total. The molecule has 14 heteroatoms. The number of hydrogen-bond acceptors (Lipinski definition) is 13. The molecule has 1 amide bonds. The molecule has 2 fully saturated rings. The van der Waals surface area contributed by atoms with E-state index in [-0.39, 0.29) is 18.9 Å². The summed E-state index contributed by atoms with van der Waals surface area (Å²) in [5, 5.41) is 87.7. The van der Waals surface area contributed by atoms with E-state index in [9.17, 15) is 45.6 Å². The van der Waals surface area contributed by atoms with Crippen molar-refractivity contribution in [2.24, 2.45) is 0 Å². The largest absolute Gasteiger partial charge is 0.394 e. The Labute approximate surface area is 634 Å². The van der Waals surface area contributed by atoms with E-state index in [1.54, 1.807) is 6.08 Å². The second-order valence-corrected chi connectivity index (χ2v) is 29.2. The molecule has 0 radical (unpaired) electrons. The highest BCUT2D eigenvalue weighted by Gasteiger charge is 2.51. The molecule has 104 heavy (non-hydrogen) atoms.